The second-order valence-electron chi connectivity index (χ2n) is 5.31. The highest BCUT2D eigenvalue weighted by Crippen LogP contribution is 2.27. The van der Waals surface area contributed by atoms with Crippen LogP contribution in [-0.2, 0) is 4.79 Å². The molecule has 0 aliphatic heterocycles. The van der Waals surface area contributed by atoms with Crippen molar-refractivity contribution in [3.05, 3.63) is 0 Å². The van der Waals surface area contributed by atoms with Gasteiger partial charge < -0.3 is 5.32 Å². The van der Waals surface area contributed by atoms with Gasteiger partial charge in [0.15, 0.2) is 0 Å². The van der Waals surface area contributed by atoms with E-state index in [4.69, 9.17) is 0 Å². The molecule has 2 nitrogen and oxygen atoms in total. The molecule has 0 bridgehead atoms. The van der Waals surface area contributed by atoms with E-state index < -0.39 is 4.32 Å². The van der Waals surface area contributed by atoms with E-state index in [0.29, 0.717) is 5.92 Å². The number of rotatable bonds is 3. The molecule has 1 aliphatic rings. The van der Waals surface area contributed by atoms with Crippen molar-refractivity contribution in [2.45, 2.75) is 50.8 Å². The number of carbonyl (C=O) groups excluding carboxylic acids is 1. The summed E-state index contributed by atoms with van der Waals surface area (Å²) in [5, 5.41) is 3.02. The van der Waals surface area contributed by atoms with Gasteiger partial charge in [0.05, 0.1) is 4.32 Å². The van der Waals surface area contributed by atoms with E-state index in [1.54, 1.807) is 0 Å². The SMILES string of the molecule is CC1CCC(CNC(=O)C(C)(C)Br)CC1. The van der Waals surface area contributed by atoms with E-state index in [0.717, 1.165) is 12.5 Å². The minimum Gasteiger partial charge on any atom is -0.355 e. The lowest BCUT2D eigenvalue weighted by Crippen LogP contribution is -2.40. The highest BCUT2D eigenvalue weighted by molar-refractivity contribution is 9.10. The first-order valence-electron chi connectivity index (χ1n) is 5.87. The Morgan fingerprint density at radius 2 is 1.87 bits per heavy atom. The third kappa shape index (κ3) is 4.54. The summed E-state index contributed by atoms with van der Waals surface area (Å²) in [6, 6.07) is 0. The van der Waals surface area contributed by atoms with Gasteiger partial charge in [-0.1, -0.05) is 35.7 Å². The molecule has 1 saturated carbocycles. The second-order valence-corrected chi connectivity index (χ2v) is 7.29. The fourth-order valence-corrected chi connectivity index (χ4v) is 2.12. The minimum atomic E-state index is -0.436. The number of amides is 1. The van der Waals surface area contributed by atoms with Crippen molar-refractivity contribution < 1.29 is 4.79 Å². The van der Waals surface area contributed by atoms with Crippen LogP contribution in [0.3, 0.4) is 0 Å². The summed E-state index contributed by atoms with van der Waals surface area (Å²) in [4.78, 5) is 11.6. The van der Waals surface area contributed by atoms with Crippen LogP contribution < -0.4 is 5.32 Å². The van der Waals surface area contributed by atoms with Crippen LogP contribution in [0, 0.1) is 11.8 Å². The monoisotopic (exact) mass is 275 g/mol. The van der Waals surface area contributed by atoms with Crippen LogP contribution in [-0.4, -0.2) is 16.8 Å². The van der Waals surface area contributed by atoms with Crippen LogP contribution in [0.1, 0.15) is 46.5 Å². The van der Waals surface area contributed by atoms with Crippen molar-refractivity contribution in [1.29, 1.82) is 0 Å². The molecule has 0 aromatic carbocycles. The van der Waals surface area contributed by atoms with Crippen LogP contribution in [0.2, 0.25) is 0 Å². The first-order valence-corrected chi connectivity index (χ1v) is 6.66. The minimum absolute atomic E-state index is 0.0983. The van der Waals surface area contributed by atoms with Gasteiger partial charge in [-0.25, -0.2) is 0 Å². The Labute approximate surface area is 101 Å². The Balaban J connectivity index is 2.23. The van der Waals surface area contributed by atoms with Crippen LogP contribution in [0.5, 0.6) is 0 Å². The summed E-state index contributed by atoms with van der Waals surface area (Å²) in [6.07, 6.45) is 5.17. The van der Waals surface area contributed by atoms with E-state index in [2.05, 4.69) is 28.2 Å². The molecule has 1 N–H and O–H groups in total. The summed E-state index contributed by atoms with van der Waals surface area (Å²) < 4.78 is -0.436. The molecule has 0 spiro atoms. The highest BCUT2D eigenvalue weighted by Gasteiger charge is 2.25. The number of nitrogens with one attached hydrogen (secondary N) is 1. The fourth-order valence-electron chi connectivity index (χ4n) is 1.98. The molecule has 0 radical (unpaired) electrons. The Kier molecular flexibility index (Phi) is 4.63. The Hall–Kier alpha value is -0.0500. The summed E-state index contributed by atoms with van der Waals surface area (Å²) in [6.45, 7) is 6.92. The molecular weight excluding hydrogens is 254 g/mol. The Morgan fingerprint density at radius 3 is 2.33 bits per heavy atom. The fraction of sp³-hybridized carbons (Fsp3) is 0.917. The zero-order chi connectivity index (χ0) is 11.5. The maximum atomic E-state index is 11.6. The average molecular weight is 276 g/mol. The maximum Gasteiger partial charge on any atom is 0.236 e. The van der Waals surface area contributed by atoms with Gasteiger partial charge in [-0.15, -0.1) is 0 Å². The zero-order valence-corrected chi connectivity index (χ0v) is 11.6. The molecule has 1 amide bonds. The van der Waals surface area contributed by atoms with Crippen molar-refractivity contribution in [1.82, 2.24) is 5.32 Å². The third-order valence-electron chi connectivity index (χ3n) is 3.23. The van der Waals surface area contributed by atoms with Gasteiger partial charge in [0, 0.05) is 6.54 Å². The van der Waals surface area contributed by atoms with Gasteiger partial charge in [0.2, 0.25) is 5.91 Å². The largest absolute Gasteiger partial charge is 0.355 e. The maximum absolute atomic E-state index is 11.6. The molecule has 0 aromatic heterocycles. The summed E-state index contributed by atoms with van der Waals surface area (Å²) in [5.41, 5.74) is 0. The molecule has 0 atom stereocenters. The van der Waals surface area contributed by atoms with Crippen LogP contribution in [0.4, 0.5) is 0 Å². The molecule has 3 heteroatoms. The molecule has 0 unspecified atom stereocenters. The molecule has 15 heavy (non-hydrogen) atoms. The van der Waals surface area contributed by atoms with E-state index in [9.17, 15) is 4.79 Å². The predicted octanol–water partition coefficient (Wildman–Crippen LogP) is 3.10. The smallest absolute Gasteiger partial charge is 0.236 e. The first kappa shape index (κ1) is 13.0. The van der Waals surface area contributed by atoms with Crippen molar-refractivity contribution in [3.63, 3.8) is 0 Å². The van der Waals surface area contributed by atoms with E-state index in [1.165, 1.54) is 25.7 Å². The van der Waals surface area contributed by atoms with E-state index in [1.807, 2.05) is 13.8 Å². The van der Waals surface area contributed by atoms with Crippen LogP contribution in [0.15, 0.2) is 0 Å². The molecular formula is C12H22BrNO. The van der Waals surface area contributed by atoms with Gasteiger partial charge >= 0.3 is 0 Å². The Bertz CT molecular complexity index is 214. The van der Waals surface area contributed by atoms with Gasteiger partial charge in [0.25, 0.3) is 0 Å². The molecule has 0 heterocycles. The number of alkyl halides is 1. The topological polar surface area (TPSA) is 29.1 Å². The summed E-state index contributed by atoms with van der Waals surface area (Å²) >= 11 is 3.37. The average Bonchev–Trinajstić information content (AvgIpc) is 2.15. The van der Waals surface area contributed by atoms with Crippen molar-refractivity contribution in [2.75, 3.05) is 6.54 Å². The predicted molar refractivity (Wildman–Crippen MR) is 67.1 cm³/mol. The van der Waals surface area contributed by atoms with Crippen molar-refractivity contribution in [3.8, 4) is 0 Å². The van der Waals surface area contributed by atoms with Crippen molar-refractivity contribution in [2.24, 2.45) is 11.8 Å². The van der Waals surface area contributed by atoms with E-state index in [-0.39, 0.29) is 5.91 Å². The van der Waals surface area contributed by atoms with Gasteiger partial charge in [-0.3, -0.25) is 4.79 Å². The standard InChI is InChI=1S/C12H22BrNO/c1-9-4-6-10(7-5-9)8-14-11(15)12(2,3)13/h9-10H,4-8H2,1-3H3,(H,14,15). The van der Waals surface area contributed by atoms with Gasteiger partial charge in [-0.2, -0.15) is 0 Å². The second kappa shape index (κ2) is 5.33. The summed E-state index contributed by atoms with van der Waals surface area (Å²) in [7, 11) is 0. The molecule has 0 aromatic rings. The molecule has 1 rings (SSSR count). The lowest BCUT2D eigenvalue weighted by molar-refractivity contribution is -0.122. The van der Waals surface area contributed by atoms with Crippen LogP contribution >= 0.6 is 15.9 Å². The molecule has 1 fully saturated rings. The lowest BCUT2D eigenvalue weighted by atomic mass is 9.83. The Morgan fingerprint density at radius 1 is 1.33 bits per heavy atom. The van der Waals surface area contributed by atoms with Gasteiger partial charge in [-0.05, 0) is 38.5 Å². The molecule has 0 saturated heterocycles. The highest BCUT2D eigenvalue weighted by atomic mass is 79.9. The zero-order valence-electron chi connectivity index (χ0n) is 9.98. The van der Waals surface area contributed by atoms with Crippen LogP contribution in [0.25, 0.3) is 0 Å². The quantitative estimate of drug-likeness (QED) is 0.788. The third-order valence-corrected chi connectivity index (χ3v) is 3.59. The first-order chi connectivity index (χ1) is 6.89. The van der Waals surface area contributed by atoms with E-state index >= 15 is 0 Å². The summed E-state index contributed by atoms with van der Waals surface area (Å²) in [5.74, 6) is 1.67. The molecule has 88 valence electrons. The number of halogens is 1. The number of hydrogen-bond donors (Lipinski definition) is 1. The lowest BCUT2D eigenvalue weighted by Gasteiger charge is -2.27. The molecule has 1 aliphatic carbocycles. The number of hydrogen-bond acceptors (Lipinski definition) is 1. The van der Waals surface area contributed by atoms with Crippen molar-refractivity contribution >= 4 is 21.8 Å². The van der Waals surface area contributed by atoms with Gasteiger partial charge in [0.1, 0.15) is 0 Å². The normalized spacial score (nSPS) is 27.5. The number of carbonyl (C=O) groups is 1.